The van der Waals surface area contributed by atoms with Crippen LogP contribution in [0.4, 0.5) is 11.4 Å². The van der Waals surface area contributed by atoms with Crippen LogP contribution in [0.2, 0.25) is 0 Å². The van der Waals surface area contributed by atoms with Gasteiger partial charge in [-0.15, -0.1) is 0 Å². The van der Waals surface area contributed by atoms with Crippen LogP contribution in [0, 0.1) is 10.1 Å². The Morgan fingerprint density at radius 3 is 1.71 bits per heavy atom. The monoisotopic (exact) mass is 434 g/mol. The summed E-state index contributed by atoms with van der Waals surface area (Å²) in [7, 11) is 0. The maximum atomic E-state index is 11.2. The zero-order valence-corrected chi connectivity index (χ0v) is 19.4. The first-order valence-corrected chi connectivity index (χ1v) is 12.3. The van der Waals surface area contributed by atoms with E-state index in [1.54, 1.807) is 6.07 Å². The number of nitrogens with one attached hydrogen (secondary N) is 1. The molecule has 0 heterocycles. The van der Waals surface area contributed by atoms with Crippen molar-refractivity contribution in [3.63, 3.8) is 0 Å². The summed E-state index contributed by atoms with van der Waals surface area (Å²) < 4.78 is 0. The summed E-state index contributed by atoms with van der Waals surface area (Å²) in [6, 6.07) is 4.16. The number of carbonyl (C=O) groups is 1. The van der Waals surface area contributed by atoms with Gasteiger partial charge in [-0.1, -0.05) is 103 Å². The van der Waals surface area contributed by atoms with Gasteiger partial charge in [0.25, 0.3) is 5.69 Å². The van der Waals surface area contributed by atoms with E-state index in [-0.39, 0.29) is 11.3 Å². The summed E-state index contributed by atoms with van der Waals surface area (Å²) in [4.78, 5) is 21.4. The van der Waals surface area contributed by atoms with E-state index in [1.807, 2.05) is 0 Å². The van der Waals surface area contributed by atoms with Gasteiger partial charge in [-0.2, -0.15) is 0 Å². The largest absolute Gasteiger partial charge is 0.477 e. The molecule has 0 aliphatic heterocycles. The van der Waals surface area contributed by atoms with Crippen LogP contribution in [0.1, 0.15) is 120 Å². The molecule has 6 nitrogen and oxygen atoms in total. The second-order valence-electron chi connectivity index (χ2n) is 8.52. The fraction of sp³-hybridized carbons (Fsp3) is 0.720. The summed E-state index contributed by atoms with van der Waals surface area (Å²) in [5.41, 5.74) is -0.0357. The van der Waals surface area contributed by atoms with Gasteiger partial charge >= 0.3 is 5.97 Å². The zero-order chi connectivity index (χ0) is 22.7. The molecular weight excluding hydrogens is 392 g/mol. The summed E-state index contributed by atoms with van der Waals surface area (Å²) in [5, 5.41) is 23.2. The Morgan fingerprint density at radius 2 is 1.29 bits per heavy atom. The number of anilines is 1. The number of benzene rings is 1. The highest BCUT2D eigenvalue weighted by Crippen LogP contribution is 2.23. The van der Waals surface area contributed by atoms with Crippen molar-refractivity contribution in [2.24, 2.45) is 0 Å². The molecule has 31 heavy (non-hydrogen) atoms. The van der Waals surface area contributed by atoms with Crippen LogP contribution in [-0.4, -0.2) is 22.5 Å². The highest BCUT2D eigenvalue weighted by molar-refractivity contribution is 5.93. The number of unbranched alkanes of at least 4 members (excludes halogenated alkanes) is 15. The van der Waals surface area contributed by atoms with Crippen molar-refractivity contribution in [1.82, 2.24) is 0 Å². The van der Waals surface area contributed by atoms with Crippen LogP contribution in [0.3, 0.4) is 0 Å². The quantitative estimate of drug-likeness (QED) is 0.123. The molecule has 0 aliphatic carbocycles. The molecule has 0 aliphatic rings. The molecule has 176 valence electrons. The molecule has 6 heteroatoms. The van der Waals surface area contributed by atoms with E-state index >= 15 is 0 Å². The highest BCUT2D eigenvalue weighted by atomic mass is 16.6. The molecule has 1 rings (SSSR count). The van der Waals surface area contributed by atoms with Gasteiger partial charge in [0.2, 0.25) is 0 Å². The molecule has 0 saturated heterocycles. The standard InChI is InChI=1S/C25H42N2O4/c1-2-3-4-5-6-7-8-9-10-11-12-13-14-15-16-17-20-26-22-18-19-24(27(30)31)23(21-22)25(28)29/h18-19,21,26H,2-17,20H2,1H3,(H,28,29). The van der Waals surface area contributed by atoms with Gasteiger partial charge in [-0.3, -0.25) is 10.1 Å². The van der Waals surface area contributed by atoms with Crippen molar-refractivity contribution < 1.29 is 14.8 Å². The van der Waals surface area contributed by atoms with Gasteiger partial charge < -0.3 is 10.4 Å². The lowest BCUT2D eigenvalue weighted by Gasteiger charge is -2.08. The second-order valence-corrected chi connectivity index (χ2v) is 8.52. The molecule has 0 aromatic heterocycles. The summed E-state index contributed by atoms with van der Waals surface area (Å²) >= 11 is 0. The van der Waals surface area contributed by atoms with E-state index in [4.69, 9.17) is 5.11 Å². The lowest BCUT2D eigenvalue weighted by atomic mass is 10.0. The average Bonchev–Trinajstić information content (AvgIpc) is 2.75. The van der Waals surface area contributed by atoms with Crippen molar-refractivity contribution >= 4 is 17.3 Å². The minimum atomic E-state index is -1.28. The van der Waals surface area contributed by atoms with Crippen LogP contribution < -0.4 is 5.32 Å². The first-order valence-electron chi connectivity index (χ1n) is 12.3. The number of nitrogens with zero attached hydrogens (tertiary/aromatic N) is 1. The van der Waals surface area contributed by atoms with Crippen LogP contribution in [0.25, 0.3) is 0 Å². The van der Waals surface area contributed by atoms with Crippen molar-refractivity contribution in [2.45, 2.75) is 110 Å². The molecule has 1 aromatic rings. The van der Waals surface area contributed by atoms with Gasteiger partial charge in [0.05, 0.1) is 4.92 Å². The molecule has 0 fully saturated rings. The number of nitro benzene ring substituents is 1. The number of carboxylic acids is 1. The summed E-state index contributed by atoms with van der Waals surface area (Å²) in [6.45, 7) is 3.01. The Hall–Kier alpha value is -2.11. The van der Waals surface area contributed by atoms with E-state index < -0.39 is 10.9 Å². The first-order chi connectivity index (χ1) is 15.1. The Morgan fingerprint density at radius 1 is 0.839 bits per heavy atom. The van der Waals surface area contributed by atoms with Crippen molar-refractivity contribution in [3.8, 4) is 0 Å². The maximum Gasteiger partial charge on any atom is 0.342 e. The topological polar surface area (TPSA) is 92.5 Å². The molecular formula is C25H42N2O4. The normalized spacial score (nSPS) is 10.9. The van der Waals surface area contributed by atoms with Gasteiger partial charge in [-0.05, 0) is 18.6 Å². The van der Waals surface area contributed by atoms with Crippen LogP contribution in [-0.2, 0) is 0 Å². The molecule has 0 bridgehead atoms. The van der Waals surface area contributed by atoms with E-state index in [0.717, 1.165) is 19.4 Å². The molecule has 0 amide bonds. The van der Waals surface area contributed by atoms with Crippen molar-refractivity contribution in [1.29, 1.82) is 0 Å². The van der Waals surface area contributed by atoms with E-state index in [1.165, 1.54) is 102 Å². The third kappa shape index (κ3) is 13.0. The average molecular weight is 435 g/mol. The smallest absolute Gasteiger partial charge is 0.342 e. The minimum absolute atomic E-state index is 0.276. The highest BCUT2D eigenvalue weighted by Gasteiger charge is 2.19. The Bertz CT molecular complexity index is 634. The number of aromatic carboxylic acids is 1. The lowest BCUT2D eigenvalue weighted by molar-refractivity contribution is -0.385. The molecule has 0 radical (unpaired) electrons. The number of hydrogen-bond donors (Lipinski definition) is 2. The van der Waals surface area contributed by atoms with E-state index in [2.05, 4.69) is 12.2 Å². The van der Waals surface area contributed by atoms with Gasteiger partial charge in [0.1, 0.15) is 5.56 Å². The number of rotatable bonds is 20. The third-order valence-corrected chi connectivity index (χ3v) is 5.78. The summed E-state index contributed by atoms with van der Waals surface area (Å²) in [6.07, 6.45) is 21.2. The fourth-order valence-corrected chi connectivity index (χ4v) is 3.88. The van der Waals surface area contributed by atoms with Crippen LogP contribution >= 0.6 is 0 Å². The Kier molecular flexibility index (Phi) is 15.3. The predicted molar refractivity (Wildman–Crippen MR) is 128 cm³/mol. The second kappa shape index (κ2) is 17.6. The maximum absolute atomic E-state index is 11.2. The zero-order valence-electron chi connectivity index (χ0n) is 19.4. The van der Waals surface area contributed by atoms with Crippen LogP contribution in [0.15, 0.2) is 18.2 Å². The van der Waals surface area contributed by atoms with Gasteiger partial charge in [-0.25, -0.2) is 4.79 Å². The van der Waals surface area contributed by atoms with Gasteiger partial charge in [0, 0.05) is 18.3 Å². The van der Waals surface area contributed by atoms with Crippen LogP contribution in [0.5, 0.6) is 0 Å². The molecule has 2 N–H and O–H groups in total. The lowest BCUT2D eigenvalue weighted by Crippen LogP contribution is -2.06. The molecule has 0 saturated carbocycles. The molecule has 0 spiro atoms. The molecule has 1 aromatic carbocycles. The molecule has 0 atom stereocenters. The number of hydrogen-bond acceptors (Lipinski definition) is 4. The SMILES string of the molecule is CCCCCCCCCCCCCCCCCCNc1ccc([N+](=O)[O-])c(C(=O)O)c1. The number of carboxylic acid groups (broad SMARTS) is 1. The minimum Gasteiger partial charge on any atom is -0.477 e. The Labute approximate surface area is 188 Å². The van der Waals surface area contributed by atoms with E-state index in [0.29, 0.717) is 5.69 Å². The number of nitro groups is 1. The van der Waals surface area contributed by atoms with Crippen molar-refractivity contribution in [2.75, 3.05) is 11.9 Å². The fourth-order valence-electron chi connectivity index (χ4n) is 3.88. The summed E-state index contributed by atoms with van der Waals surface area (Å²) in [5.74, 6) is -1.28. The predicted octanol–water partition coefficient (Wildman–Crippen LogP) is 7.97. The van der Waals surface area contributed by atoms with Gasteiger partial charge in [0.15, 0.2) is 0 Å². The molecule has 0 unspecified atom stereocenters. The third-order valence-electron chi connectivity index (χ3n) is 5.78. The van der Waals surface area contributed by atoms with Crippen molar-refractivity contribution in [3.05, 3.63) is 33.9 Å². The first kappa shape index (κ1) is 26.9. The Balaban J connectivity index is 1.95. The van der Waals surface area contributed by atoms with E-state index in [9.17, 15) is 14.9 Å².